The number of carbonyl (C=O) groups is 2. The van der Waals surface area contributed by atoms with Crippen LogP contribution >= 0.6 is 0 Å². The summed E-state index contributed by atoms with van der Waals surface area (Å²) in [4.78, 5) is 23.5. The van der Waals surface area contributed by atoms with Crippen LogP contribution in [0.2, 0.25) is 0 Å². The first-order chi connectivity index (χ1) is 13.2. The third-order valence-corrected chi connectivity index (χ3v) is 3.86. The third-order valence-electron chi connectivity index (χ3n) is 3.86. The summed E-state index contributed by atoms with van der Waals surface area (Å²) in [6.45, 7) is 0. The fourth-order valence-electron chi connectivity index (χ4n) is 2.57. The highest BCUT2D eigenvalue weighted by Gasteiger charge is 2.14. The molecular weight excluding hydrogens is 346 g/mol. The zero-order chi connectivity index (χ0) is 18.6. The molecule has 0 aliphatic carbocycles. The van der Waals surface area contributed by atoms with Crippen LogP contribution in [0.15, 0.2) is 75.8 Å². The number of amides is 1. The van der Waals surface area contributed by atoms with Crippen molar-refractivity contribution >= 4 is 18.2 Å². The number of aromatic nitrogens is 2. The fraction of sp³-hybridized carbons (Fsp3) is 0. The Kier molecular flexibility index (Phi) is 4.32. The Morgan fingerprint density at radius 3 is 2.56 bits per heavy atom. The monoisotopic (exact) mass is 359 g/mol. The highest BCUT2D eigenvalue weighted by atomic mass is 16.4. The van der Waals surface area contributed by atoms with Gasteiger partial charge in [-0.3, -0.25) is 14.9 Å². The van der Waals surface area contributed by atoms with E-state index < -0.39 is 5.91 Å². The molecule has 0 aliphatic rings. The van der Waals surface area contributed by atoms with Crippen molar-refractivity contribution in [1.29, 1.82) is 0 Å². The van der Waals surface area contributed by atoms with Crippen molar-refractivity contribution in [2.75, 3.05) is 5.32 Å². The molecule has 0 unspecified atom stereocenters. The Labute approximate surface area is 153 Å². The van der Waals surface area contributed by atoms with E-state index in [0.29, 0.717) is 16.9 Å². The molecule has 4 rings (SSSR count). The van der Waals surface area contributed by atoms with Gasteiger partial charge in [0.15, 0.2) is 5.76 Å². The first-order valence-corrected chi connectivity index (χ1v) is 8.07. The predicted molar refractivity (Wildman–Crippen MR) is 97.2 cm³/mol. The Bertz CT molecular complexity index is 1100. The first-order valence-electron chi connectivity index (χ1n) is 8.07. The molecule has 2 aromatic heterocycles. The van der Waals surface area contributed by atoms with Gasteiger partial charge in [-0.1, -0.05) is 35.4 Å². The van der Waals surface area contributed by atoms with E-state index in [4.69, 9.17) is 8.83 Å². The van der Waals surface area contributed by atoms with Gasteiger partial charge in [-0.2, -0.15) is 0 Å². The minimum absolute atomic E-state index is 0.0280. The predicted octanol–water partition coefficient (Wildman–Crippen LogP) is 4.06. The molecule has 7 heteroatoms. The molecule has 0 saturated heterocycles. The van der Waals surface area contributed by atoms with Gasteiger partial charge in [0.1, 0.15) is 6.29 Å². The maximum Gasteiger partial charge on any atom is 0.322 e. The van der Waals surface area contributed by atoms with Gasteiger partial charge in [0.25, 0.3) is 11.8 Å². The normalized spacial score (nSPS) is 10.5. The van der Waals surface area contributed by atoms with Crippen LogP contribution in [0.4, 0.5) is 6.01 Å². The van der Waals surface area contributed by atoms with Crippen LogP contribution in [0.25, 0.3) is 22.8 Å². The number of hydrogen-bond acceptors (Lipinski definition) is 6. The van der Waals surface area contributed by atoms with E-state index >= 15 is 0 Å². The molecule has 7 nitrogen and oxygen atoms in total. The summed E-state index contributed by atoms with van der Waals surface area (Å²) in [6.07, 6.45) is 2.27. The van der Waals surface area contributed by atoms with E-state index in [-0.39, 0.29) is 11.9 Å². The van der Waals surface area contributed by atoms with Gasteiger partial charge >= 0.3 is 6.01 Å². The van der Waals surface area contributed by atoms with Crippen LogP contribution in [0.5, 0.6) is 0 Å². The summed E-state index contributed by atoms with van der Waals surface area (Å²) in [6, 6.07) is 17.5. The third kappa shape index (κ3) is 3.52. The number of aldehydes is 1. The van der Waals surface area contributed by atoms with Crippen LogP contribution in [0, 0.1) is 0 Å². The van der Waals surface area contributed by atoms with E-state index in [1.807, 2.05) is 12.1 Å². The van der Waals surface area contributed by atoms with Crippen LogP contribution in [-0.4, -0.2) is 22.4 Å². The molecule has 0 aliphatic heterocycles. The van der Waals surface area contributed by atoms with Crippen molar-refractivity contribution in [2.45, 2.75) is 0 Å². The Balaban J connectivity index is 1.55. The standard InChI is InChI=1S/C20H13N3O4/c24-12-13-4-1-5-14(10-13)15-6-2-7-16(11-15)18(25)21-20-23-22-19(27-20)17-8-3-9-26-17/h1-12H,(H,21,23,25). The molecule has 1 N–H and O–H groups in total. The molecule has 0 saturated carbocycles. The molecule has 4 aromatic rings. The zero-order valence-corrected chi connectivity index (χ0v) is 14.0. The molecule has 0 fully saturated rings. The van der Waals surface area contributed by atoms with Crippen molar-refractivity contribution in [3.8, 4) is 22.8 Å². The number of nitrogens with zero attached hydrogens (tertiary/aromatic N) is 2. The number of rotatable bonds is 5. The van der Waals surface area contributed by atoms with Gasteiger partial charge in [-0.05, 0) is 41.5 Å². The van der Waals surface area contributed by atoms with E-state index in [9.17, 15) is 9.59 Å². The molecular formula is C20H13N3O4. The summed E-state index contributed by atoms with van der Waals surface area (Å²) in [5, 5.41) is 10.2. The molecule has 0 atom stereocenters. The van der Waals surface area contributed by atoms with E-state index in [0.717, 1.165) is 17.4 Å². The minimum Gasteiger partial charge on any atom is -0.459 e. The smallest absolute Gasteiger partial charge is 0.322 e. The van der Waals surface area contributed by atoms with Crippen molar-refractivity contribution in [1.82, 2.24) is 10.2 Å². The number of carbonyl (C=O) groups excluding carboxylic acids is 2. The van der Waals surface area contributed by atoms with Crippen LogP contribution in [-0.2, 0) is 0 Å². The lowest BCUT2D eigenvalue weighted by Crippen LogP contribution is -2.12. The molecule has 0 spiro atoms. The second kappa shape index (κ2) is 7.09. The van der Waals surface area contributed by atoms with Gasteiger partial charge in [0, 0.05) is 11.1 Å². The van der Waals surface area contributed by atoms with E-state index in [2.05, 4.69) is 15.5 Å². The molecule has 2 heterocycles. The molecule has 132 valence electrons. The summed E-state index contributed by atoms with van der Waals surface area (Å²) in [5.41, 5.74) is 2.64. The second-order valence-corrected chi connectivity index (χ2v) is 5.67. The number of anilines is 1. The van der Waals surface area contributed by atoms with E-state index in [1.54, 1.807) is 48.5 Å². The first kappa shape index (κ1) is 16.5. The maximum absolute atomic E-state index is 12.5. The van der Waals surface area contributed by atoms with Crippen LogP contribution in [0.3, 0.4) is 0 Å². The quantitative estimate of drug-likeness (QED) is 0.540. The van der Waals surface area contributed by atoms with Gasteiger partial charge in [-0.25, -0.2) is 0 Å². The summed E-state index contributed by atoms with van der Waals surface area (Å²) in [7, 11) is 0. The largest absolute Gasteiger partial charge is 0.459 e. The van der Waals surface area contributed by atoms with Crippen molar-refractivity contribution < 1.29 is 18.4 Å². The Morgan fingerprint density at radius 1 is 0.963 bits per heavy atom. The van der Waals surface area contributed by atoms with Crippen LogP contribution < -0.4 is 5.32 Å². The lowest BCUT2D eigenvalue weighted by atomic mass is 10.0. The summed E-state index contributed by atoms with van der Waals surface area (Å²) < 4.78 is 10.6. The molecule has 2 aromatic carbocycles. The van der Waals surface area contributed by atoms with Gasteiger partial charge in [0.2, 0.25) is 0 Å². The van der Waals surface area contributed by atoms with Crippen molar-refractivity contribution in [3.05, 3.63) is 78.1 Å². The topological polar surface area (TPSA) is 98.2 Å². The average molecular weight is 359 g/mol. The highest BCUT2D eigenvalue weighted by Crippen LogP contribution is 2.23. The average Bonchev–Trinajstić information content (AvgIpc) is 3.40. The van der Waals surface area contributed by atoms with Gasteiger partial charge in [0.05, 0.1) is 6.26 Å². The van der Waals surface area contributed by atoms with Crippen molar-refractivity contribution in [2.24, 2.45) is 0 Å². The molecule has 0 bridgehead atoms. The summed E-state index contributed by atoms with van der Waals surface area (Å²) >= 11 is 0. The molecule has 27 heavy (non-hydrogen) atoms. The SMILES string of the molecule is O=Cc1cccc(-c2cccc(C(=O)Nc3nnc(-c4ccco4)o3)c2)c1. The minimum atomic E-state index is -0.391. The lowest BCUT2D eigenvalue weighted by molar-refractivity contribution is 0.102. The molecule has 1 amide bonds. The highest BCUT2D eigenvalue weighted by molar-refractivity contribution is 6.03. The van der Waals surface area contributed by atoms with Crippen molar-refractivity contribution in [3.63, 3.8) is 0 Å². The van der Waals surface area contributed by atoms with E-state index in [1.165, 1.54) is 6.26 Å². The Hall–Kier alpha value is -4.00. The van der Waals surface area contributed by atoms with Crippen LogP contribution in [0.1, 0.15) is 20.7 Å². The number of hydrogen-bond donors (Lipinski definition) is 1. The maximum atomic E-state index is 12.5. The summed E-state index contributed by atoms with van der Waals surface area (Å²) in [5.74, 6) is 0.202. The zero-order valence-electron chi connectivity index (χ0n) is 14.0. The van der Waals surface area contributed by atoms with Gasteiger partial charge in [-0.15, -0.1) is 5.10 Å². The second-order valence-electron chi connectivity index (χ2n) is 5.67. The number of benzene rings is 2. The van der Waals surface area contributed by atoms with Gasteiger partial charge < -0.3 is 8.83 Å². The number of furan rings is 1. The lowest BCUT2D eigenvalue weighted by Gasteiger charge is -2.05. The fourth-order valence-corrected chi connectivity index (χ4v) is 2.57. The molecule has 0 radical (unpaired) electrons. The number of nitrogens with one attached hydrogen (secondary N) is 1. The Morgan fingerprint density at radius 2 is 1.78 bits per heavy atom.